The molecule has 29 heavy (non-hydrogen) atoms. The first-order valence-electron chi connectivity index (χ1n) is 9.37. The molecule has 2 aliphatic heterocycles. The molecule has 7 heteroatoms. The fourth-order valence-electron chi connectivity index (χ4n) is 3.29. The first-order chi connectivity index (χ1) is 14.1. The van der Waals surface area contributed by atoms with Crippen LogP contribution >= 0.6 is 11.6 Å². The summed E-state index contributed by atoms with van der Waals surface area (Å²) < 4.78 is 16.6. The van der Waals surface area contributed by atoms with Crippen molar-refractivity contribution in [3.63, 3.8) is 0 Å². The Kier molecular flexibility index (Phi) is 5.83. The Morgan fingerprint density at radius 3 is 2.59 bits per heavy atom. The van der Waals surface area contributed by atoms with Gasteiger partial charge in [-0.3, -0.25) is 4.79 Å². The van der Waals surface area contributed by atoms with Crippen LogP contribution in [0.5, 0.6) is 5.75 Å². The summed E-state index contributed by atoms with van der Waals surface area (Å²) in [5, 5.41) is 0.544. The molecule has 4 rings (SSSR count). The van der Waals surface area contributed by atoms with E-state index in [-0.39, 0.29) is 12.5 Å². The maximum Gasteiger partial charge on any atom is 0.338 e. The van der Waals surface area contributed by atoms with E-state index in [9.17, 15) is 9.59 Å². The standard InChI is InChI=1S/C22H20ClNO5/c23-18-6-7-19-16(13-18)12-17(14-28-19)22(26)29-20(15-4-2-1-3-5-15)21(25)24-8-10-27-11-9-24/h1-7,12-13,20H,8-11,14H2/t20-/m1/s1. The van der Waals surface area contributed by atoms with E-state index < -0.39 is 12.1 Å². The normalized spacial score (nSPS) is 16.9. The lowest BCUT2D eigenvalue weighted by Crippen LogP contribution is -2.44. The number of halogens is 1. The zero-order valence-corrected chi connectivity index (χ0v) is 16.4. The monoisotopic (exact) mass is 413 g/mol. The van der Waals surface area contributed by atoms with Gasteiger partial charge in [0.25, 0.3) is 5.91 Å². The predicted octanol–water partition coefficient (Wildman–Crippen LogP) is 3.26. The van der Waals surface area contributed by atoms with Crippen molar-refractivity contribution in [1.29, 1.82) is 0 Å². The van der Waals surface area contributed by atoms with Crippen LogP contribution in [0.1, 0.15) is 17.2 Å². The highest BCUT2D eigenvalue weighted by atomic mass is 35.5. The van der Waals surface area contributed by atoms with Crippen molar-refractivity contribution in [1.82, 2.24) is 4.90 Å². The molecule has 2 aromatic rings. The topological polar surface area (TPSA) is 65.1 Å². The van der Waals surface area contributed by atoms with Crippen LogP contribution in [0.4, 0.5) is 0 Å². The summed E-state index contributed by atoms with van der Waals surface area (Å²) in [6.45, 7) is 1.95. The van der Waals surface area contributed by atoms with E-state index in [1.54, 1.807) is 41.3 Å². The maximum absolute atomic E-state index is 13.1. The molecular formula is C22H20ClNO5. The van der Waals surface area contributed by atoms with E-state index in [4.69, 9.17) is 25.8 Å². The number of nitrogens with zero attached hydrogens (tertiary/aromatic N) is 1. The van der Waals surface area contributed by atoms with Gasteiger partial charge in [0.15, 0.2) is 0 Å². The first kappa shape index (κ1) is 19.5. The van der Waals surface area contributed by atoms with Crippen molar-refractivity contribution in [3.05, 3.63) is 70.3 Å². The van der Waals surface area contributed by atoms with Gasteiger partial charge in [0.2, 0.25) is 6.10 Å². The van der Waals surface area contributed by atoms with Crippen molar-refractivity contribution in [3.8, 4) is 5.75 Å². The summed E-state index contributed by atoms with van der Waals surface area (Å²) >= 11 is 6.03. The highest BCUT2D eigenvalue weighted by molar-refractivity contribution is 6.30. The van der Waals surface area contributed by atoms with Gasteiger partial charge in [-0.1, -0.05) is 41.9 Å². The third-order valence-corrected chi connectivity index (χ3v) is 5.06. The minimum absolute atomic E-state index is 0.0702. The van der Waals surface area contributed by atoms with Crippen molar-refractivity contribution in [2.24, 2.45) is 0 Å². The second-order valence-electron chi connectivity index (χ2n) is 6.77. The molecule has 1 atom stereocenters. The molecule has 0 spiro atoms. The van der Waals surface area contributed by atoms with Gasteiger partial charge >= 0.3 is 5.97 Å². The van der Waals surface area contributed by atoms with Gasteiger partial charge in [-0.2, -0.15) is 0 Å². The molecule has 0 radical (unpaired) electrons. The Morgan fingerprint density at radius 2 is 1.83 bits per heavy atom. The Bertz CT molecular complexity index is 937. The van der Waals surface area contributed by atoms with Crippen molar-refractivity contribution < 1.29 is 23.8 Å². The maximum atomic E-state index is 13.1. The fourth-order valence-corrected chi connectivity index (χ4v) is 3.47. The van der Waals surface area contributed by atoms with Crippen molar-refractivity contribution in [2.75, 3.05) is 32.9 Å². The van der Waals surface area contributed by atoms with E-state index >= 15 is 0 Å². The van der Waals surface area contributed by atoms with Gasteiger partial charge in [0, 0.05) is 29.2 Å². The summed E-state index contributed by atoms with van der Waals surface area (Å²) in [5.41, 5.74) is 1.65. The molecule has 0 unspecified atom stereocenters. The molecule has 1 fully saturated rings. The number of morpholine rings is 1. The Morgan fingerprint density at radius 1 is 1.07 bits per heavy atom. The number of fused-ring (bicyclic) bond motifs is 1. The Balaban J connectivity index is 1.57. The van der Waals surface area contributed by atoms with Gasteiger partial charge in [0.05, 0.1) is 18.8 Å². The quantitative estimate of drug-likeness (QED) is 0.720. The molecule has 2 aliphatic rings. The molecule has 0 aliphatic carbocycles. The molecule has 2 aromatic carbocycles. The summed E-state index contributed by atoms with van der Waals surface area (Å²) in [6, 6.07) is 14.2. The molecule has 150 valence electrons. The smallest absolute Gasteiger partial charge is 0.338 e. The second kappa shape index (κ2) is 8.68. The molecule has 0 bridgehead atoms. The Labute approximate surface area is 173 Å². The fraction of sp³-hybridized carbons (Fsp3) is 0.273. The number of carbonyl (C=O) groups excluding carboxylic acids is 2. The van der Waals surface area contributed by atoms with E-state index in [0.29, 0.717) is 53.8 Å². The predicted molar refractivity (Wildman–Crippen MR) is 108 cm³/mol. The summed E-state index contributed by atoms with van der Waals surface area (Å²) in [6.07, 6.45) is 0.664. The van der Waals surface area contributed by atoms with Gasteiger partial charge in [-0.15, -0.1) is 0 Å². The van der Waals surface area contributed by atoms with E-state index in [2.05, 4.69) is 0 Å². The van der Waals surface area contributed by atoms with Crippen molar-refractivity contribution >= 4 is 29.6 Å². The van der Waals surface area contributed by atoms with Crippen LogP contribution in [0.2, 0.25) is 5.02 Å². The van der Waals surface area contributed by atoms with Crippen LogP contribution in [-0.2, 0) is 19.1 Å². The largest absolute Gasteiger partial charge is 0.488 e. The minimum Gasteiger partial charge on any atom is -0.488 e. The van der Waals surface area contributed by atoms with Crippen LogP contribution in [-0.4, -0.2) is 49.7 Å². The number of hydrogen-bond donors (Lipinski definition) is 0. The molecule has 0 saturated carbocycles. The van der Waals surface area contributed by atoms with Crippen molar-refractivity contribution in [2.45, 2.75) is 6.10 Å². The number of benzene rings is 2. The molecule has 0 N–H and O–H groups in total. The molecule has 2 heterocycles. The average molecular weight is 414 g/mol. The highest BCUT2D eigenvalue weighted by Crippen LogP contribution is 2.30. The minimum atomic E-state index is -1.02. The SMILES string of the molecule is O=C(O[C@@H](C(=O)N1CCOCC1)c1ccccc1)C1=Cc2cc(Cl)ccc2OC1. The van der Waals surface area contributed by atoms with Crippen LogP contribution in [0, 0.1) is 0 Å². The number of rotatable bonds is 4. The van der Waals surface area contributed by atoms with Crippen LogP contribution in [0.25, 0.3) is 6.08 Å². The molecular weight excluding hydrogens is 394 g/mol. The number of hydrogen-bond acceptors (Lipinski definition) is 5. The third kappa shape index (κ3) is 4.44. The lowest BCUT2D eigenvalue weighted by molar-refractivity contribution is -0.160. The van der Waals surface area contributed by atoms with Crippen LogP contribution < -0.4 is 4.74 Å². The molecule has 1 saturated heterocycles. The van der Waals surface area contributed by atoms with Gasteiger partial charge in [-0.25, -0.2) is 4.79 Å². The number of carbonyl (C=O) groups is 2. The number of esters is 1. The average Bonchev–Trinajstić information content (AvgIpc) is 2.77. The van der Waals surface area contributed by atoms with Crippen LogP contribution in [0.15, 0.2) is 54.1 Å². The zero-order valence-electron chi connectivity index (χ0n) is 15.7. The van der Waals surface area contributed by atoms with Gasteiger partial charge in [-0.05, 0) is 24.3 Å². The zero-order chi connectivity index (χ0) is 20.2. The number of amides is 1. The molecule has 0 aromatic heterocycles. The lowest BCUT2D eigenvalue weighted by Gasteiger charge is -2.30. The molecule has 1 amide bonds. The third-order valence-electron chi connectivity index (χ3n) is 4.82. The van der Waals surface area contributed by atoms with E-state index in [1.807, 2.05) is 18.2 Å². The van der Waals surface area contributed by atoms with E-state index in [0.717, 1.165) is 0 Å². The summed E-state index contributed by atoms with van der Waals surface area (Å²) in [7, 11) is 0. The lowest BCUT2D eigenvalue weighted by atomic mass is 10.1. The highest BCUT2D eigenvalue weighted by Gasteiger charge is 2.32. The summed E-state index contributed by atoms with van der Waals surface area (Å²) in [5.74, 6) is -0.199. The van der Waals surface area contributed by atoms with Crippen LogP contribution in [0.3, 0.4) is 0 Å². The van der Waals surface area contributed by atoms with Gasteiger partial charge in [0.1, 0.15) is 12.4 Å². The Hall–Kier alpha value is -2.83. The first-order valence-corrected chi connectivity index (χ1v) is 9.75. The second-order valence-corrected chi connectivity index (χ2v) is 7.21. The molecule has 6 nitrogen and oxygen atoms in total. The number of ether oxygens (including phenoxy) is 3. The van der Waals surface area contributed by atoms with Gasteiger partial charge < -0.3 is 19.1 Å². The van der Waals surface area contributed by atoms with E-state index in [1.165, 1.54) is 0 Å². The summed E-state index contributed by atoms with van der Waals surface area (Å²) in [4.78, 5) is 27.6.